The normalized spacial score (nSPS) is 17.2. The fourth-order valence-electron chi connectivity index (χ4n) is 2.24. The van der Waals surface area contributed by atoms with Crippen LogP contribution in [0.15, 0.2) is 4.79 Å². The van der Waals surface area contributed by atoms with Crippen molar-refractivity contribution in [1.82, 2.24) is 4.98 Å². The average molecular weight is 382 g/mol. The van der Waals surface area contributed by atoms with Gasteiger partial charge in [-0.05, 0) is 19.3 Å². The molecule has 0 amide bonds. The van der Waals surface area contributed by atoms with E-state index >= 15 is 0 Å². The first kappa shape index (κ1) is 18.9. The Morgan fingerprint density at radius 2 is 1.46 bits per heavy atom. The predicted molar refractivity (Wildman–Crippen MR) is 69.4 cm³/mol. The minimum atomic E-state index is -6.31. The van der Waals surface area contributed by atoms with Gasteiger partial charge in [0.15, 0.2) is 5.13 Å². The largest absolute Gasteiger partial charge is 0.459 e. The first-order valence-electron chi connectivity index (χ1n) is 6.68. The van der Waals surface area contributed by atoms with Gasteiger partial charge in [0.25, 0.3) is 0 Å². The molecule has 136 valence electrons. The van der Waals surface area contributed by atoms with E-state index in [-0.39, 0.29) is 24.4 Å². The molecule has 1 aliphatic heterocycles. The van der Waals surface area contributed by atoms with Gasteiger partial charge in [-0.2, -0.15) is 35.1 Å². The Kier molecular flexibility index (Phi) is 4.81. The van der Waals surface area contributed by atoms with Crippen molar-refractivity contribution in [2.24, 2.45) is 0 Å². The molecule has 2 rings (SSSR count). The highest BCUT2D eigenvalue weighted by atomic mass is 32.1. The van der Waals surface area contributed by atoms with Crippen molar-refractivity contribution >= 4 is 16.5 Å². The number of halogens is 8. The molecule has 0 spiro atoms. The summed E-state index contributed by atoms with van der Waals surface area (Å²) in [5.41, 5.74) is -5.16. The van der Waals surface area contributed by atoms with Crippen molar-refractivity contribution in [3.63, 3.8) is 0 Å². The topological polar surface area (TPSA) is 33.2 Å². The molecule has 12 heteroatoms. The van der Waals surface area contributed by atoms with Crippen molar-refractivity contribution < 1.29 is 35.1 Å². The van der Waals surface area contributed by atoms with Crippen LogP contribution in [-0.2, 0) is 12.1 Å². The monoisotopic (exact) mass is 382 g/mol. The standard InChI is InChI=1S/C12H10F8N2OS/c13-10(14,12(18,19)20)7-6(11(15,16)17)8(23)24-9(21-7)22-4-2-1-3-5-22/h1-5H2. The van der Waals surface area contributed by atoms with E-state index in [4.69, 9.17) is 0 Å². The highest BCUT2D eigenvalue weighted by molar-refractivity contribution is 7.13. The molecule has 1 aliphatic rings. The maximum Gasteiger partial charge on any atom is 0.459 e. The Hall–Kier alpha value is -1.46. The Bertz CT molecular complexity index is 660. The number of aromatic nitrogens is 1. The summed E-state index contributed by atoms with van der Waals surface area (Å²) in [5.74, 6) is -5.89. The third-order valence-electron chi connectivity index (χ3n) is 3.40. The zero-order valence-corrected chi connectivity index (χ0v) is 12.6. The van der Waals surface area contributed by atoms with Gasteiger partial charge in [0, 0.05) is 13.1 Å². The van der Waals surface area contributed by atoms with Gasteiger partial charge >= 0.3 is 18.3 Å². The van der Waals surface area contributed by atoms with Gasteiger partial charge < -0.3 is 4.90 Å². The van der Waals surface area contributed by atoms with Crippen LogP contribution in [0.25, 0.3) is 0 Å². The van der Waals surface area contributed by atoms with E-state index in [2.05, 4.69) is 4.98 Å². The number of rotatable bonds is 2. The maximum atomic E-state index is 13.5. The van der Waals surface area contributed by atoms with Crippen LogP contribution >= 0.6 is 11.3 Å². The molecule has 0 N–H and O–H groups in total. The Morgan fingerprint density at radius 3 is 1.92 bits per heavy atom. The number of hydrogen-bond acceptors (Lipinski definition) is 4. The van der Waals surface area contributed by atoms with Gasteiger partial charge in [-0.3, -0.25) is 4.79 Å². The van der Waals surface area contributed by atoms with Gasteiger partial charge in [-0.15, -0.1) is 0 Å². The number of nitrogens with zero attached hydrogens (tertiary/aromatic N) is 2. The second-order valence-corrected chi connectivity index (χ2v) is 6.07. The minimum absolute atomic E-state index is 0.0832. The van der Waals surface area contributed by atoms with Crippen LogP contribution in [0.3, 0.4) is 0 Å². The molecule has 1 saturated heterocycles. The number of hydrogen-bond donors (Lipinski definition) is 0. The number of piperidine rings is 1. The lowest BCUT2D eigenvalue weighted by Gasteiger charge is -2.28. The van der Waals surface area contributed by atoms with Gasteiger partial charge in [0.2, 0.25) is 4.74 Å². The lowest BCUT2D eigenvalue weighted by molar-refractivity contribution is -0.292. The molecule has 1 fully saturated rings. The molecule has 0 radical (unpaired) electrons. The summed E-state index contributed by atoms with van der Waals surface area (Å²) in [5, 5.41) is -0.563. The van der Waals surface area contributed by atoms with Crippen LogP contribution in [0.4, 0.5) is 40.3 Å². The summed E-state index contributed by atoms with van der Waals surface area (Å²) >= 11 is -0.0832. The van der Waals surface area contributed by atoms with Crippen LogP contribution in [0.5, 0.6) is 0 Å². The lowest BCUT2D eigenvalue weighted by Crippen LogP contribution is -2.40. The van der Waals surface area contributed by atoms with Crippen molar-refractivity contribution in [2.75, 3.05) is 18.0 Å². The summed E-state index contributed by atoms with van der Waals surface area (Å²) < 4.78 is 101. The summed E-state index contributed by atoms with van der Waals surface area (Å²) in [6.45, 7) is 0.427. The molecular formula is C12H10F8N2OS. The van der Waals surface area contributed by atoms with Crippen molar-refractivity contribution in [1.29, 1.82) is 0 Å². The molecule has 0 aliphatic carbocycles. The first-order valence-corrected chi connectivity index (χ1v) is 7.49. The highest BCUT2D eigenvalue weighted by Gasteiger charge is 2.63. The van der Waals surface area contributed by atoms with Gasteiger partial charge in [0.05, 0.1) is 0 Å². The Balaban J connectivity index is 2.68. The minimum Gasteiger partial charge on any atom is -0.348 e. The zero-order chi connectivity index (χ0) is 18.3. The van der Waals surface area contributed by atoms with Crippen molar-refractivity contribution in [3.8, 4) is 0 Å². The highest BCUT2D eigenvalue weighted by Crippen LogP contribution is 2.47. The lowest BCUT2D eigenvalue weighted by atomic mass is 10.1. The molecule has 0 bridgehead atoms. The second-order valence-electron chi connectivity index (χ2n) is 5.13. The number of alkyl halides is 8. The second kappa shape index (κ2) is 6.12. The van der Waals surface area contributed by atoms with E-state index in [1.807, 2.05) is 0 Å². The third kappa shape index (κ3) is 3.47. The van der Waals surface area contributed by atoms with Crippen molar-refractivity contribution in [3.05, 3.63) is 20.8 Å². The molecule has 1 aromatic rings. The van der Waals surface area contributed by atoms with Crippen LogP contribution in [-0.4, -0.2) is 24.2 Å². The molecule has 2 heterocycles. The van der Waals surface area contributed by atoms with Crippen LogP contribution in [0, 0.1) is 0 Å². The zero-order valence-electron chi connectivity index (χ0n) is 11.8. The van der Waals surface area contributed by atoms with Crippen LogP contribution in [0.2, 0.25) is 0 Å². The van der Waals surface area contributed by atoms with E-state index < -0.39 is 39.4 Å². The molecule has 0 aromatic carbocycles. The Labute approximate surface area is 133 Å². The first-order chi connectivity index (χ1) is 10.9. The van der Waals surface area contributed by atoms with Gasteiger partial charge in [-0.25, -0.2) is 4.98 Å². The van der Waals surface area contributed by atoms with Crippen LogP contribution < -0.4 is 9.64 Å². The molecule has 0 atom stereocenters. The Morgan fingerprint density at radius 1 is 0.917 bits per heavy atom. The molecule has 3 nitrogen and oxygen atoms in total. The molecule has 1 aromatic heterocycles. The molecule has 0 saturated carbocycles. The summed E-state index contributed by atoms with van der Waals surface area (Å²) in [6, 6.07) is 0. The smallest absolute Gasteiger partial charge is 0.348 e. The fourth-order valence-corrected chi connectivity index (χ4v) is 3.17. The SMILES string of the molecule is O=c1sc(N2CCCCC2)nc(C(F)(F)C(F)(F)F)c1C(F)(F)F. The summed E-state index contributed by atoms with van der Waals surface area (Å²) in [4.78, 5) is 15.8. The van der Waals surface area contributed by atoms with Gasteiger partial charge in [0.1, 0.15) is 11.3 Å². The van der Waals surface area contributed by atoms with E-state index in [0.717, 1.165) is 6.42 Å². The van der Waals surface area contributed by atoms with E-state index in [9.17, 15) is 39.9 Å². The summed E-state index contributed by atoms with van der Waals surface area (Å²) in [7, 11) is 0. The summed E-state index contributed by atoms with van der Waals surface area (Å²) in [6.07, 6.45) is -10.1. The fraction of sp³-hybridized carbons (Fsp3) is 0.667. The molecular weight excluding hydrogens is 372 g/mol. The third-order valence-corrected chi connectivity index (χ3v) is 4.32. The van der Waals surface area contributed by atoms with E-state index in [1.54, 1.807) is 0 Å². The van der Waals surface area contributed by atoms with Crippen molar-refractivity contribution in [2.45, 2.75) is 37.5 Å². The van der Waals surface area contributed by atoms with Crippen LogP contribution in [0.1, 0.15) is 30.5 Å². The maximum absolute atomic E-state index is 13.5. The average Bonchev–Trinajstić information content (AvgIpc) is 2.44. The molecule has 24 heavy (non-hydrogen) atoms. The number of anilines is 1. The van der Waals surface area contributed by atoms with E-state index in [1.165, 1.54) is 4.90 Å². The van der Waals surface area contributed by atoms with E-state index in [0.29, 0.717) is 12.8 Å². The molecule has 0 unspecified atom stereocenters. The van der Waals surface area contributed by atoms with Gasteiger partial charge in [-0.1, -0.05) is 11.3 Å². The predicted octanol–water partition coefficient (Wildman–Crippen LogP) is 4.17. The quantitative estimate of drug-likeness (QED) is 0.720.